The predicted molar refractivity (Wildman–Crippen MR) is 112 cm³/mol. The van der Waals surface area contributed by atoms with Crippen LogP contribution >= 0.6 is 11.3 Å². The van der Waals surface area contributed by atoms with E-state index in [1.54, 1.807) is 44.2 Å². The largest absolute Gasteiger partial charge is 0.462 e. The molecule has 0 unspecified atom stereocenters. The Morgan fingerprint density at radius 2 is 1.90 bits per heavy atom. The summed E-state index contributed by atoms with van der Waals surface area (Å²) in [7, 11) is -3.81. The molecule has 2 aromatic carbocycles. The first-order chi connectivity index (χ1) is 13.8. The van der Waals surface area contributed by atoms with Crippen molar-refractivity contribution in [3.8, 4) is 0 Å². The Hall–Kier alpha value is -2.91. The molecule has 4 rings (SSSR count). The second kappa shape index (κ2) is 7.16. The van der Waals surface area contributed by atoms with E-state index < -0.39 is 21.9 Å². The maximum absolute atomic E-state index is 13.0. The van der Waals surface area contributed by atoms with E-state index in [1.807, 2.05) is 12.1 Å². The number of thiophene rings is 1. The first-order valence-corrected chi connectivity index (χ1v) is 11.2. The van der Waals surface area contributed by atoms with Crippen molar-refractivity contribution in [1.82, 2.24) is 0 Å². The van der Waals surface area contributed by atoms with Crippen LogP contribution in [0.1, 0.15) is 22.2 Å². The van der Waals surface area contributed by atoms with Crippen molar-refractivity contribution >= 4 is 54.7 Å². The number of rotatable bonds is 5. The molecule has 1 N–H and O–H groups in total. The quantitative estimate of drug-likeness (QED) is 0.625. The third-order valence-electron chi connectivity index (χ3n) is 4.61. The topological polar surface area (TPSA) is 92.8 Å². The number of sulfonamides is 1. The van der Waals surface area contributed by atoms with Gasteiger partial charge in [0, 0.05) is 5.39 Å². The number of benzene rings is 2. The normalized spacial score (nSPS) is 14.2. The van der Waals surface area contributed by atoms with Crippen molar-refractivity contribution in [2.75, 3.05) is 22.8 Å². The Morgan fingerprint density at radius 3 is 2.62 bits per heavy atom. The van der Waals surface area contributed by atoms with Crippen LogP contribution in [0, 0.1) is 6.92 Å². The molecular formula is C20H18N2O5S2. The number of carbonyl (C=O) groups is 2. The number of carbonyl (C=O) groups excluding carboxylic acids is 2. The van der Waals surface area contributed by atoms with Gasteiger partial charge in [-0.05, 0) is 43.0 Å². The summed E-state index contributed by atoms with van der Waals surface area (Å²) < 4.78 is 32.0. The Labute approximate surface area is 172 Å². The second-order valence-corrected chi connectivity index (χ2v) is 9.42. The fourth-order valence-electron chi connectivity index (χ4n) is 3.38. The van der Waals surface area contributed by atoms with Gasteiger partial charge in [0.1, 0.15) is 11.4 Å². The van der Waals surface area contributed by atoms with Crippen molar-refractivity contribution in [3.63, 3.8) is 0 Å². The van der Waals surface area contributed by atoms with Gasteiger partial charge in [-0.1, -0.05) is 24.3 Å². The molecule has 3 aromatic rings. The van der Waals surface area contributed by atoms with Crippen LogP contribution in [0.15, 0.2) is 47.4 Å². The number of esters is 1. The van der Waals surface area contributed by atoms with E-state index >= 15 is 0 Å². The first kappa shape index (κ1) is 19.4. The minimum Gasteiger partial charge on any atom is -0.462 e. The Balaban J connectivity index is 1.58. The molecule has 0 radical (unpaired) electrons. The van der Waals surface area contributed by atoms with Gasteiger partial charge in [0.2, 0.25) is 5.91 Å². The predicted octanol–water partition coefficient (Wildman–Crippen LogP) is 3.53. The molecule has 150 valence electrons. The molecule has 9 heteroatoms. The van der Waals surface area contributed by atoms with Crippen molar-refractivity contribution in [1.29, 1.82) is 0 Å². The fourth-order valence-corrected chi connectivity index (χ4v) is 6.03. The van der Waals surface area contributed by atoms with Gasteiger partial charge in [-0.25, -0.2) is 13.2 Å². The van der Waals surface area contributed by atoms with Crippen LogP contribution < -0.4 is 9.62 Å². The maximum Gasteiger partial charge on any atom is 0.348 e. The zero-order valence-electron chi connectivity index (χ0n) is 15.8. The Morgan fingerprint density at radius 1 is 1.17 bits per heavy atom. The highest BCUT2D eigenvalue weighted by Gasteiger charge is 2.36. The molecular weight excluding hydrogens is 412 g/mol. The van der Waals surface area contributed by atoms with Gasteiger partial charge in [0.25, 0.3) is 10.0 Å². The average molecular weight is 431 g/mol. The standard InChI is InChI=1S/C20H18N2O5S2/c1-3-27-20(24)19-12(2)10-17(28-19)21-16(23)11-22-14-8-4-6-13-7-5-9-15(18(13)14)29(22,25)26/h4-10H,3,11H2,1-2H3,(H,21,23). The number of anilines is 2. The zero-order valence-corrected chi connectivity index (χ0v) is 17.4. The third-order valence-corrected chi connectivity index (χ3v) is 7.54. The molecule has 0 atom stereocenters. The lowest BCUT2D eigenvalue weighted by Crippen LogP contribution is -2.35. The SMILES string of the molecule is CCOC(=O)c1sc(NC(=O)CN2c3cccc4cccc(c34)S2(=O)=O)cc1C. The summed E-state index contributed by atoms with van der Waals surface area (Å²) in [5, 5.41) is 4.58. The van der Waals surface area contributed by atoms with Gasteiger partial charge in [-0.2, -0.15) is 0 Å². The van der Waals surface area contributed by atoms with Crippen molar-refractivity contribution in [3.05, 3.63) is 52.9 Å². The zero-order chi connectivity index (χ0) is 20.8. The summed E-state index contributed by atoms with van der Waals surface area (Å²) in [6.45, 7) is 3.37. The summed E-state index contributed by atoms with van der Waals surface area (Å²) in [6, 6.07) is 12.0. The molecule has 0 bridgehead atoms. The molecule has 29 heavy (non-hydrogen) atoms. The highest BCUT2D eigenvalue weighted by Crippen LogP contribution is 2.41. The maximum atomic E-state index is 13.0. The molecule has 7 nitrogen and oxygen atoms in total. The average Bonchev–Trinajstić information content (AvgIpc) is 3.14. The number of hydrogen-bond acceptors (Lipinski definition) is 6. The molecule has 0 saturated carbocycles. The molecule has 1 amide bonds. The fraction of sp³-hybridized carbons (Fsp3) is 0.200. The molecule has 0 saturated heterocycles. The van der Waals surface area contributed by atoms with Gasteiger partial charge in [-0.3, -0.25) is 9.10 Å². The van der Waals surface area contributed by atoms with Crippen LogP contribution in [0.2, 0.25) is 0 Å². The summed E-state index contributed by atoms with van der Waals surface area (Å²) in [6.07, 6.45) is 0. The Bertz CT molecular complexity index is 1240. The number of amides is 1. The van der Waals surface area contributed by atoms with Crippen molar-refractivity contribution in [2.24, 2.45) is 0 Å². The minimum absolute atomic E-state index is 0.204. The van der Waals surface area contributed by atoms with Crippen LogP contribution in [-0.4, -0.2) is 33.4 Å². The lowest BCUT2D eigenvalue weighted by atomic mass is 10.1. The van der Waals surface area contributed by atoms with Gasteiger partial charge >= 0.3 is 5.97 Å². The number of aryl methyl sites for hydroxylation is 1. The van der Waals surface area contributed by atoms with Gasteiger partial charge in [0.05, 0.1) is 22.2 Å². The monoisotopic (exact) mass is 430 g/mol. The second-order valence-electron chi connectivity index (χ2n) is 6.53. The van der Waals surface area contributed by atoms with E-state index in [1.165, 1.54) is 0 Å². The van der Waals surface area contributed by atoms with Crippen LogP contribution in [0.25, 0.3) is 10.8 Å². The van der Waals surface area contributed by atoms with Gasteiger partial charge < -0.3 is 10.1 Å². The van der Waals surface area contributed by atoms with E-state index in [0.29, 0.717) is 26.5 Å². The summed E-state index contributed by atoms with van der Waals surface area (Å²) in [4.78, 5) is 25.2. The number of nitrogens with zero attached hydrogens (tertiary/aromatic N) is 1. The van der Waals surface area contributed by atoms with E-state index in [2.05, 4.69) is 5.32 Å². The Kier molecular flexibility index (Phi) is 4.79. The van der Waals surface area contributed by atoms with Crippen LogP contribution in [0.5, 0.6) is 0 Å². The molecule has 1 aromatic heterocycles. The van der Waals surface area contributed by atoms with Crippen LogP contribution in [-0.2, 0) is 19.6 Å². The van der Waals surface area contributed by atoms with Gasteiger partial charge in [-0.15, -0.1) is 11.3 Å². The van der Waals surface area contributed by atoms with Gasteiger partial charge in [0.15, 0.2) is 0 Å². The third kappa shape index (κ3) is 3.26. The molecule has 0 spiro atoms. The molecule has 0 fully saturated rings. The summed E-state index contributed by atoms with van der Waals surface area (Å²) >= 11 is 1.10. The van der Waals surface area contributed by atoms with Crippen LogP contribution in [0.3, 0.4) is 0 Å². The van der Waals surface area contributed by atoms with E-state index in [0.717, 1.165) is 21.0 Å². The molecule has 1 aliphatic rings. The van der Waals surface area contributed by atoms with Crippen LogP contribution in [0.4, 0.5) is 10.7 Å². The highest BCUT2D eigenvalue weighted by molar-refractivity contribution is 7.93. The van der Waals surface area contributed by atoms with E-state index in [9.17, 15) is 18.0 Å². The van der Waals surface area contributed by atoms with Crippen molar-refractivity contribution in [2.45, 2.75) is 18.7 Å². The van der Waals surface area contributed by atoms with Crippen molar-refractivity contribution < 1.29 is 22.7 Å². The highest BCUT2D eigenvalue weighted by atomic mass is 32.2. The molecule has 2 heterocycles. The molecule has 0 aliphatic carbocycles. The summed E-state index contributed by atoms with van der Waals surface area (Å²) in [5.41, 5.74) is 1.18. The minimum atomic E-state index is -3.81. The summed E-state index contributed by atoms with van der Waals surface area (Å²) in [5.74, 6) is -0.935. The lowest BCUT2D eigenvalue weighted by molar-refractivity contribution is -0.114. The van der Waals surface area contributed by atoms with E-state index in [4.69, 9.17) is 4.74 Å². The smallest absolute Gasteiger partial charge is 0.348 e. The lowest BCUT2D eigenvalue weighted by Gasteiger charge is -2.18. The number of ether oxygens (including phenoxy) is 1. The number of hydrogen-bond donors (Lipinski definition) is 1. The van der Waals surface area contributed by atoms with E-state index in [-0.39, 0.29) is 18.0 Å². The number of nitrogens with one attached hydrogen (secondary N) is 1. The first-order valence-electron chi connectivity index (χ1n) is 8.95. The molecule has 1 aliphatic heterocycles.